The smallest absolute Gasteiger partial charge is 0.343 e. The molecule has 3 rings (SSSR count). The summed E-state index contributed by atoms with van der Waals surface area (Å²) in [6.45, 7) is 2.72. The molecule has 1 saturated heterocycles. The third-order valence-electron chi connectivity index (χ3n) is 5.23. The molecule has 2 aromatic rings. The summed E-state index contributed by atoms with van der Waals surface area (Å²) >= 11 is 0. The van der Waals surface area contributed by atoms with Gasteiger partial charge in [0, 0.05) is 29.9 Å². The number of hydrogen-bond donors (Lipinski definition) is 2. The molecule has 0 aromatic heterocycles. The SMILES string of the molecule is Cc1cccc(N2CC(C(=O)Nc3ccc(C(=O)NCC(F)(F)F)cc3)CC2=O)c1C. The van der Waals surface area contributed by atoms with E-state index in [-0.39, 0.29) is 30.3 Å². The van der Waals surface area contributed by atoms with Crippen molar-refractivity contribution in [1.29, 1.82) is 0 Å². The Morgan fingerprint density at radius 2 is 1.77 bits per heavy atom. The Morgan fingerprint density at radius 1 is 1.10 bits per heavy atom. The maximum Gasteiger partial charge on any atom is 0.405 e. The lowest BCUT2D eigenvalue weighted by Crippen LogP contribution is -2.33. The van der Waals surface area contributed by atoms with E-state index in [1.54, 1.807) is 10.2 Å². The van der Waals surface area contributed by atoms with Gasteiger partial charge < -0.3 is 15.5 Å². The van der Waals surface area contributed by atoms with Crippen LogP contribution in [0, 0.1) is 19.8 Å². The molecule has 0 spiro atoms. The summed E-state index contributed by atoms with van der Waals surface area (Å²) in [7, 11) is 0. The number of anilines is 2. The molecule has 0 radical (unpaired) electrons. The van der Waals surface area contributed by atoms with Crippen molar-refractivity contribution in [3.05, 3.63) is 59.2 Å². The van der Waals surface area contributed by atoms with Gasteiger partial charge in [0.15, 0.2) is 0 Å². The van der Waals surface area contributed by atoms with Gasteiger partial charge in [-0.15, -0.1) is 0 Å². The molecule has 1 unspecified atom stereocenters. The minimum absolute atomic E-state index is 0.0411. The highest BCUT2D eigenvalue weighted by molar-refractivity contribution is 6.04. The largest absolute Gasteiger partial charge is 0.405 e. The average molecular weight is 433 g/mol. The maximum absolute atomic E-state index is 12.6. The Kier molecular flexibility index (Phi) is 6.33. The van der Waals surface area contributed by atoms with E-state index in [1.807, 2.05) is 32.0 Å². The monoisotopic (exact) mass is 433 g/mol. The third kappa shape index (κ3) is 5.42. The molecule has 0 bridgehead atoms. The van der Waals surface area contributed by atoms with Gasteiger partial charge in [0.25, 0.3) is 5.91 Å². The molecule has 1 atom stereocenters. The fraction of sp³-hybridized carbons (Fsp3) is 0.318. The molecule has 31 heavy (non-hydrogen) atoms. The number of alkyl halides is 3. The zero-order chi connectivity index (χ0) is 22.8. The van der Waals surface area contributed by atoms with E-state index >= 15 is 0 Å². The zero-order valence-electron chi connectivity index (χ0n) is 17.0. The topological polar surface area (TPSA) is 78.5 Å². The standard InChI is InChI=1S/C22H22F3N3O3/c1-13-4-3-5-18(14(13)2)28-11-16(10-19(28)29)21(31)27-17-8-6-15(7-9-17)20(30)26-12-22(23,24)25/h3-9,16H,10-12H2,1-2H3,(H,26,30)(H,27,31). The third-order valence-corrected chi connectivity index (χ3v) is 5.23. The molecule has 0 saturated carbocycles. The molecule has 1 aliphatic rings. The number of rotatable bonds is 5. The van der Waals surface area contributed by atoms with Crippen molar-refractivity contribution in [3.63, 3.8) is 0 Å². The van der Waals surface area contributed by atoms with Gasteiger partial charge in [0.1, 0.15) is 6.54 Å². The number of halogens is 3. The normalized spacial score (nSPS) is 16.4. The van der Waals surface area contributed by atoms with Crippen LogP contribution in [0.2, 0.25) is 0 Å². The Morgan fingerprint density at radius 3 is 2.42 bits per heavy atom. The second-order valence-corrected chi connectivity index (χ2v) is 7.49. The number of aryl methyl sites for hydroxylation is 1. The summed E-state index contributed by atoms with van der Waals surface area (Å²) in [5.41, 5.74) is 3.25. The fourth-order valence-electron chi connectivity index (χ4n) is 3.38. The van der Waals surface area contributed by atoms with Crippen molar-refractivity contribution >= 4 is 29.1 Å². The van der Waals surface area contributed by atoms with Crippen LogP contribution in [0.25, 0.3) is 0 Å². The minimum atomic E-state index is -4.49. The predicted octanol–water partition coefficient (Wildman–Crippen LogP) is 3.59. The van der Waals surface area contributed by atoms with E-state index in [0.717, 1.165) is 16.8 Å². The second kappa shape index (κ2) is 8.79. The first-order chi connectivity index (χ1) is 14.5. The van der Waals surface area contributed by atoms with Crippen LogP contribution in [0.4, 0.5) is 24.5 Å². The summed E-state index contributed by atoms with van der Waals surface area (Å²) in [5, 5.41) is 4.48. The number of amides is 3. The van der Waals surface area contributed by atoms with Gasteiger partial charge in [0.05, 0.1) is 5.92 Å². The second-order valence-electron chi connectivity index (χ2n) is 7.49. The Labute approximate surface area is 177 Å². The van der Waals surface area contributed by atoms with Crippen molar-refractivity contribution in [2.45, 2.75) is 26.4 Å². The highest BCUT2D eigenvalue weighted by Crippen LogP contribution is 2.30. The van der Waals surface area contributed by atoms with E-state index in [2.05, 4.69) is 5.32 Å². The summed E-state index contributed by atoms with van der Waals surface area (Å²) in [6.07, 6.45) is -4.41. The van der Waals surface area contributed by atoms with Gasteiger partial charge in [-0.05, 0) is 55.3 Å². The van der Waals surface area contributed by atoms with Crippen LogP contribution in [-0.2, 0) is 9.59 Å². The van der Waals surface area contributed by atoms with Gasteiger partial charge in [-0.25, -0.2) is 0 Å². The minimum Gasteiger partial charge on any atom is -0.343 e. The lowest BCUT2D eigenvalue weighted by Gasteiger charge is -2.20. The van der Waals surface area contributed by atoms with Gasteiger partial charge >= 0.3 is 6.18 Å². The number of benzene rings is 2. The van der Waals surface area contributed by atoms with Crippen LogP contribution >= 0.6 is 0 Å². The molecular weight excluding hydrogens is 411 g/mol. The highest BCUT2D eigenvalue weighted by atomic mass is 19.4. The molecule has 1 aliphatic heterocycles. The number of hydrogen-bond acceptors (Lipinski definition) is 3. The summed E-state index contributed by atoms with van der Waals surface area (Å²) in [6, 6.07) is 11.2. The predicted molar refractivity (Wildman–Crippen MR) is 110 cm³/mol. The Bertz CT molecular complexity index is 1000. The number of nitrogens with one attached hydrogen (secondary N) is 2. The van der Waals surface area contributed by atoms with Crippen LogP contribution in [0.5, 0.6) is 0 Å². The number of nitrogens with zero attached hydrogens (tertiary/aromatic N) is 1. The summed E-state index contributed by atoms with van der Waals surface area (Å²) in [4.78, 5) is 38.5. The molecule has 2 aromatic carbocycles. The molecule has 1 fully saturated rings. The van der Waals surface area contributed by atoms with Crippen molar-refractivity contribution < 1.29 is 27.6 Å². The molecule has 6 nitrogen and oxygen atoms in total. The average Bonchev–Trinajstić information content (AvgIpc) is 3.10. The first kappa shape index (κ1) is 22.3. The first-order valence-corrected chi connectivity index (χ1v) is 9.67. The summed E-state index contributed by atoms with van der Waals surface area (Å²) in [5.74, 6) is -1.87. The molecule has 1 heterocycles. The van der Waals surface area contributed by atoms with Gasteiger partial charge in [-0.2, -0.15) is 13.2 Å². The molecular formula is C22H22F3N3O3. The van der Waals surface area contributed by atoms with Crippen LogP contribution in [-0.4, -0.2) is 37.0 Å². The Balaban J connectivity index is 1.61. The summed E-state index contributed by atoms with van der Waals surface area (Å²) < 4.78 is 36.6. The quantitative estimate of drug-likeness (QED) is 0.757. The van der Waals surface area contributed by atoms with Crippen LogP contribution in [0.15, 0.2) is 42.5 Å². The molecule has 164 valence electrons. The fourth-order valence-corrected chi connectivity index (χ4v) is 3.38. The van der Waals surface area contributed by atoms with E-state index < -0.39 is 24.5 Å². The lowest BCUT2D eigenvalue weighted by molar-refractivity contribution is -0.123. The van der Waals surface area contributed by atoms with Crippen molar-refractivity contribution in [3.8, 4) is 0 Å². The van der Waals surface area contributed by atoms with E-state index in [0.29, 0.717) is 5.69 Å². The molecule has 3 amide bonds. The van der Waals surface area contributed by atoms with E-state index in [9.17, 15) is 27.6 Å². The van der Waals surface area contributed by atoms with E-state index in [1.165, 1.54) is 24.3 Å². The zero-order valence-corrected chi connectivity index (χ0v) is 17.0. The van der Waals surface area contributed by atoms with Crippen LogP contribution in [0.1, 0.15) is 27.9 Å². The Hall–Kier alpha value is -3.36. The lowest BCUT2D eigenvalue weighted by atomic mass is 10.1. The van der Waals surface area contributed by atoms with Crippen molar-refractivity contribution in [2.24, 2.45) is 5.92 Å². The molecule has 0 aliphatic carbocycles. The maximum atomic E-state index is 12.6. The van der Waals surface area contributed by atoms with Crippen molar-refractivity contribution in [1.82, 2.24) is 5.32 Å². The molecule has 9 heteroatoms. The van der Waals surface area contributed by atoms with Crippen LogP contribution in [0.3, 0.4) is 0 Å². The number of carbonyl (C=O) groups is 3. The molecule has 2 N–H and O–H groups in total. The van der Waals surface area contributed by atoms with E-state index in [4.69, 9.17) is 0 Å². The number of carbonyl (C=O) groups excluding carboxylic acids is 3. The van der Waals surface area contributed by atoms with Gasteiger partial charge in [0.2, 0.25) is 11.8 Å². The van der Waals surface area contributed by atoms with Crippen LogP contribution < -0.4 is 15.5 Å². The van der Waals surface area contributed by atoms with Gasteiger partial charge in [-0.1, -0.05) is 12.1 Å². The highest BCUT2D eigenvalue weighted by Gasteiger charge is 2.35. The van der Waals surface area contributed by atoms with Gasteiger partial charge in [-0.3, -0.25) is 14.4 Å². The van der Waals surface area contributed by atoms with Crippen molar-refractivity contribution in [2.75, 3.05) is 23.3 Å². The first-order valence-electron chi connectivity index (χ1n) is 9.67.